The highest BCUT2D eigenvalue weighted by Gasteiger charge is 2.29. The molecule has 3 rings (SSSR count). The fraction of sp³-hybridized carbons (Fsp3) is 0.500. The molecule has 1 aromatic carbocycles. The second kappa shape index (κ2) is 9.06. The summed E-state index contributed by atoms with van der Waals surface area (Å²) in [4.78, 5) is 13.6. The minimum atomic E-state index is -3.21. The summed E-state index contributed by atoms with van der Waals surface area (Å²) in [6.07, 6.45) is 2.63. The number of amides is 1. The first-order valence-electron chi connectivity index (χ1n) is 9.15. The smallest absolute Gasteiger partial charge is 0.322 e. The van der Waals surface area contributed by atoms with E-state index in [-0.39, 0.29) is 17.8 Å². The monoisotopic (exact) mass is 424 g/mol. The maximum absolute atomic E-state index is 12.4. The molecule has 1 N–H and O–H groups in total. The van der Waals surface area contributed by atoms with Crippen LogP contribution >= 0.6 is 11.8 Å². The lowest BCUT2D eigenvalue weighted by molar-refractivity contribution is -0.121. The van der Waals surface area contributed by atoms with Gasteiger partial charge in [0.25, 0.3) is 0 Å². The molecular formula is C18H24N4O4S2. The third-order valence-electron chi connectivity index (χ3n) is 4.58. The number of anilines is 1. The zero-order valence-corrected chi connectivity index (χ0v) is 17.6. The Bertz CT molecular complexity index is 904. The van der Waals surface area contributed by atoms with Gasteiger partial charge in [-0.25, -0.2) is 12.7 Å². The van der Waals surface area contributed by atoms with E-state index in [4.69, 9.17) is 4.42 Å². The molecule has 1 aliphatic rings. The Morgan fingerprint density at radius 3 is 2.54 bits per heavy atom. The summed E-state index contributed by atoms with van der Waals surface area (Å²) in [6, 6.07) is 8.24. The van der Waals surface area contributed by atoms with E-state index < -0.39 is 10.0 Å². The van der Waals surface area contributed by atoms with E-state index in [0.29, 0.717) is 38.2 Å². The first kappa shape index (κ1) is 20.8. The fourth-order valence-corrected chi connectivity index (χ4v) is 4.61. The van der Waals surface area contributed by atoms with Crippen molar-refractivity contribution in [2.75, 3.05) is 30.4 Å². The first-order chi connectivity index (χ1) is 13.3. The highest BCUT2D eigenvalue weighted by atomic mass is 32.2. The van der Waals surface area contributed by atoms with Gasteiger partial charge in [0, 0.05) is 23.9 Å². The molecule has 2 heterocycles. The third kappa shape index (κ3) is 5.55. The molecule has 2 aromatic rings. The van der Waals surface area contributed by atoms with Crippen LogP contribution in [0.15, 0.2) is 33.6 Å². The average Bonchev–Trinajstić information content (AvgIpc) is 3.10. The molecule has 1 aromatic heterocycles. The molecule has 0 spiro atoms. The lowest BCUT2D eigenvalue weighted by Gasteiger charge is -2.29. The molecule has 152 valence electrons. The van der Waals surface area contributed by atoms with Gasteiger partial charge in [-0.15, -0.1) is 16.9 Å². The van der Waals surface area contributed by atoms with Gasteiger partial charge in [0.05, 0.1) is 12.7 Å². The summed E-state index contributed by atoms with van der Waals surface area (Å²) in [5.41, 5.74) is 1.05. The topological polar surface area (TPSA) is 105 Å². The number of hydrogen-bond donors (Lipinski definition) is 1. The van der Waals surface area contributed by atoms with Crippen LogP contribution in [0.1, 0.15) is 31.2 Å². The van der Waals surface area contributed by atoms with E-state index in [1.54, 1.807) is 11.8 Å². The van der Waals surface area contributed by atoms with Crippen molar-refractivity contribution in [3.8, 4) is 0 Å². The summed E-state index contributed by atoms with van der Waals surface area (Å²) in [5, 5.41) is 10.5. The van der Waals surface area contributed by atoms with Crippen LogP contribution in [0.2, 0.25) is 0 Å². The number of sulfonamides is 1. The van der Waals surface area contributed by atoms with Gasteiger partial charge in [-0.3, -0.25) is 10.1 Å². The summed E-state index contributed by atoms with van der Waals surface area (Å²) in [7, 11) is -3.21. The second-order valence-electron chi connectivity index (χ2n) is 6.68. The summed E-state index contributed by atoms with van der Waals surface area (Å²) >= 11 is 1.78. The van der Waals surface area contributed by atoms with Crippen LogP contribution in [0, 0.1) is 5.92 Å². The average molecular weight is 425 g/mol. The van der Waals surface area contributed by atoms with Crippen molar-refractivity contribution in [2.24, 2.45) is 5.92 Å². The summed E-state index contributed by atoms with van der Waals surface area (Å²) in [6.45, 7) is 2.80. The number of thioether (sulfide) groups is 1. The minimum Gasteiger partial charge on any atom is -0.407 e. The highest BCUT2D eigenvalue weighted by Crippen LogP contribution is 2.22. The number of hydrogen-bond acceptors (Lipinski definition) is 7. The predicted molar refractivity (Wildman–Crippen MR) is 108 cm³/mol. The molecule has 8 nitrogen and oxygen atoms in total. The Morgan fingerprint density at radius 2 is 1.93 bits per heavy atom. The van der Waals surface area contributed by atoms with E-state index in [9.17, 15) is 13.2 Å². The number of nitrogens with zero attached hydrogens (tertiary/aromatic N) is 3. The largest absolute Gasteiger partial charge is 0.407 e. The van der Waals surface area contributed by atoms with Gasteiger partial charge in [-0.2, -0.15) is 0 Å². The SMILES string of the molecule is CCSc1ccc(Cc2nnc(NC(=O)C3CCN(S(C)(=O)=O)CC3)o2)cc1. The molecule has 0 atom stereocenters. The van der Waals surface area contributed by atoms with Crippen LogP contribution in [-0.4, -0.2) is 53.9 Å². The molecule has 28 heavy (non-hydrogen) atoms. The quantitative estimate of drug-likeness (QED) is 0.680. The number of benzene rings is 1. The Kier molecular flexibility index (Phi) is 6.73. The third-order valence-corrected chi connectivity index (χ3v) is 6.78. The Hall–Kier alpha value is -1.91. The standard InChI is InChI=1S/C18H24N4O4S2/c1-3-27-15-6-4-13(5-7-15)12-16-20-21-18(26-16)19-17(23)14-8-10-22(11-9-14)28(2,24)25/h4-7,14H,3,8-12H2,1-2H3,(H,19,21,23). The lowest BCUT2D eigenvalue weighted by atomic mass is 9.97. The van der Waals surface area contributed by atoms with Crippen molar-refractivity contribution < 1.29 is 17.6 Å². The van der Waals surface area contributed by atoms with E-state index in [1.807, 2.05) is 12.1 Å². The van der Waals surface area contributed by atoms with Crippen LogP contribution in [0.5, 0.6) is 0 Å². The van der Waals surface area contributed by atoms with E-state index in [0.717, 1.165) is 11.3 Å². The predicted octanol–water partition coefficient (Wildman–Crippen LogP) is 2.38. The Labute approximate surface area is 169 Å². The molecule has 10 heteroatoms. The van der Waals surface area contributed by atoms with Gasteiger partial charge >= 0.3 is 6.01 Å². The highest BCUT2D eigenvalue weighted by molar-refractivity contribution is 7.99. The molecule has 0 radical (unpaired) electrons. The van der Waals surface area contributed by atoms with Crippen molar-refractivity contribution in [3.05, 3.63) is 35.7 Å². The molecule has 1 fully saturated rings. The number of carbonyl (C=O) groups excluding carboxylic acids is 1. The van der Waals surface area contributed by atoms with Crippen molar-refractivity contribution in [1.29, 1.82) is 0 Å². The number of carbonyl (C=O) groups is 1. The van der Waals surface area contributed by atoms with Crippen molar-refractivity contribution in [1.82, 2.24) is 14.5 Å². The molecule has 0 bridgehead atoms. The van der Waals surface area contributed by atoms with Crippen molar-refractivity contribution >= 4 is 33.7 Å². The van der Waals surface area contributed by atoms with Crippen LogP contribution in [0.4, 0.5) is 6.01 Å². The molecule has 1 aliphatic heterocycles. The molecular weight excluding hydrogens is 400 g/mol. The maximum Gasteiger partial charge on any atom is 0.322 e. The van der Waals surface area contributed by atoms with Crippen molar-refractivity contribution in [2.45, 2.75) is 31.1 Å². The summed E-state index contributed by atoms with van der Waals surface area (Å²) in [5.74, 6) is 0.971. The van der Waals surface area contributed by atoms with Crippen LogP contribution in [0.25, 0.3) is 0 Å². The number of piperidine rings is 1. The Morgan fingerprint density at radius 1 is 1.25 bits per heavy atom. The van der Waals surface area contributed by atoms with Gasteiger partial charge in [-0.1, -0.05) is 24.2 Å². The number of nitrogens with one attached hydrogen (secondary N) is 1. The van der Waals surface area contributed by atoms with E-state index in [2.05, 4.69) is 34.6 Å². The zero-order chi connectivity index (χ0) is 20.1. The number of rotatable bonds is 7. The maximum atomic E-state index is 12.4. The lowest BCUT2D eigenvalue weighted by Crippen LogP contribution is -2.40. The zero-order valence-electron chi connectivity index (χ0n) is 15.9. The molecule has 1 amide bonds. The van der Waals surface area contributed by atoms with E-state index in [1.165, 1.54) is 15.5 Å². The van der Waals surface area contributed by atoms with Crippen molar-refractivity contribution in [3.63, 3.8) is 0 Å². The van der Waals surface area contributed by atoms with Crippen LogP contribution < -0.4 is 5.32 Å². The first-order valence-corrected chi connectivity index (χ1v) is 12.0. The van der Waals surface area contributed by atoms with Gasteiger partial charge in [-0.05, 0) is 36.3 Å². The fourth-order valence-electron chi connectivity index (χ4n) is 3.08. The van der Waals surface area contributed by atoms with E-state index >= 15 is 0 Å². The second-order valence-corrected chi connectivity index (χ2v) is 10.0. The normalized spacial score (nSPS) is 16.2. The molecule has 0 aliphatic carbocycles. The van der Waals surface area contributed by atoms with Gasteiger partial charge < -0.3 is 4.42 Å². The molecule has 0 saturated carbocycles. The minimum absolute atomic E-state index is 0.0729. The van der Waals surface area contributed by atoms with Crippen LogP contribution in [-0.2, 0) is 21.2 Å². The van der Waals surface area contributed by atoms with Gasteiger partial charge in [0.1, 0.15) is 0 Å². The van der Waals surface area contributed by atoms with Crippen LogP contribution in [0.3, 0.4) is 0 Å². The Balaban J connectivity index is 1.52. The van der Waals surface area contributed by atoms with Gasteiger partial charge in [0.2, 0.25) is 21.8 Å². The molecule has 1 saturated heterocycles. The summed E-state index contributed by atoms with van der Waals surface area (Å²) < 4.78 is 30.0. The molecule has 0 unspecified atom stereocenters. The number of aromatic nitrogens is 2. The van der Waals surface area contributed by atoms with Gasteiger partial charge in [0.15, 0.2) is 0 Å².